The molecule has 1 aromatic heterocycles. The Labute approximate surface area is 84.1 Å². The van der Waals surface area contributed by atoms with Crippen LogP contribution in [0.3, 0.4) is 0 Å². The zero-order valence-electron chi connectivity index (χ0n) is 8.73. The van der Waals surface area contributed by atoms with Gasteiger partial charge in [-0.05, 0) is 18.9 Å². The number of ketones is 1. The molecule has 4 heteroatoms. The number of hydrogen-bond acceptors (Lipinski definition) is 3. The Morgan fingerprint density at radius 3 is 2.93 bits per heavy atom. The minimum atomic E-state index is 0.0952. The zero-order chi connectivity index (χ0) is 10.6. The second-order valence-electron chi connectivity index (χ2n) is 3.66. The molecule has 0 aliphatic heterocycles. The van der Waals surface area contributed by atoms with Crippen molar-refractivity contribution in [1.29, 1.82) is 0 Å². The number of carbonyl (C=O) groups is 1. The quantitative estimate of drug-likeness (QED) is 0.712. The summed E-state index contributed by atoms with van der Waals surface area (Å²) in [6.45, 7) is 2.68. The van der Waals surface area contributed by atoms with E-state index in [-0.39, 0.29) is 5.78 Å². The molecule has 0 bridgehead atoms. The predicted molar refractivity (Wildman–Crippen MR) is 55.0 cm³/mol. The van der Waals surface area contributed by atoms with E-state index in [9.17, 15) is 4.79 Å². The van der Waals surface area contributed by atoms with E-state index in [1.54, 1.807) is 17.0 Å². The molecule has 0 aromatic carbocycles. The molecule has 1 aromatic rings. The molecule has 1 unspecified atom stereocenters. The third kappa shape index (κ3) is 2.67. The maximum atomic E-state index is 11.6. The molecule has 0 aliphatic carbocycles. The lowest BCUT2D eigenvalue weighted by Gasteiger charge is -2.06. The van der Waals surface area contributed by atoms with Crippen molar-refractivity contribution in [2.75, 3.05) is 6.54 Å². The molecule has 1 atom stereocenters. The second-order valence-corrected chi connectivity index (χ2v) is 3.66. The van der Waals surface area contributed by atoms with Crippen molar-refractivity contribution in [3.8, 4) is 0 Å². The van der Waals surface area contributed by atoms with Gasteiger partial charge < -0.3 is 10.3 Å². The van der Waals surface area contributed by atoms with Crippen LogP contribution < -0.4 is 5.73 Å². The van der Waals surface area contributed by atoms with E-state index in [0.29, 0.717) is 24.7 Å². The zero-order valence-corrected chi connectivity index (χ0v) is 8.73. The number of rotatable bonds is 5. The van der Waals surface area contributed by atoms with Crippen LogP contribution >= 0.6 is 0 Å². The third-order valence-electron chi connectivity index (χ3n) is 2.34. The van der Waals surface area contributed by atoms with Crippen molar-refractivity contribution in [1.82, 2.24) is 9.55 Å². The molecule has 0 saturated heterocycles. The maximum absolute atomic E-state index is 11.6. The molecular weight excluding hydrogens is 178 g/mol. The van der Waals surface area contributed by atoms with E-state index < -0.39 is 0 Å². The van der Waals surface area contributed by atoms with Crippen molar-refractivity contribution in [3.63, 3.8) is 0 Å². The van der Waals surface area contributed by atoms with Crippen LogP contribution in [0.4, 0.5) is 0 Å². The summed E-state index contributed by atoms with van der Waals surface area (Å²) in [5.41, 5.74) is 5.47. The van der Waals surface area contributed by atoms with Gasteiger partial charge in [-0.25, -0.2) is 4.98 Å². The van der Waals surface area contributed by atoms with E-state index in [1.807, 2.05) is 14.0 Å². The number of imidazole rings is 1. The van der Waals surface area contributed by atoms with Crippen molar-refractivity contribution in [3.05, 3.63) is 18.2 Å². The maximum Gasteiger partial charge on any atom is 0.198 e. The minimum absolute atomic E-state index is 0.0952. The van der Waals surface area contributed by atoms with Crippen LogP contribution in [0.25, 0.3) is 0 Å². The van der Waals surface area contributed by atoms with Crippen LogP contribution in [-0.2, 0) is 7.05 Å². The molecule has 4 nitrogen and oxygen atoms in total. The van der Waals surface area contributed by atoms with Gasteiger partial charge in [0.15, 0.2) is 11.6 Å². The van der Waals surface area contributed by atoms with Gasteiger partial charge in [-0.2, -0.15) is 0 Å². The van der Waals surface area contributed by atoms with Crippen molar-refractivity contribution in [2.24, 2.45) is 18.7 Å². The van der Waals surface area contributed by atoms with E-state index >= 15 is 0 Å². The molecule has 78 valence electrons. The fraction of sp³-hybridized carbons (Fsp3) is 0.600. The molecule has 0 spiro atoms. The van der Waals surface area contributed by atoms with Gasteiger partial charge in [0.25, 0.3) is 0 Å². The Balaban J connectivity index is 2.47. The number of Topliss-reactive ketones (excluding diaryl/α,β-unsaturated/α-hetero) is 1. The van der Waals surface area contributed by atoms with E-state index in [4.69, 9.17) is 5.73 Å². The Morgan fingerprint density at radius 2 is 2.43 bits per heavy atom. The molecule has 1 heterocycles. The summed E-state index contributed by atoms with van der Waals surface area (Å²) < 4.78 is 1.75. The minimum Gasteiger partial charge on any atom is -0.332 e. The lowest BCUT2D eigenvalue weighted by Crippen LogP contribution is -2.14. The Bertz CT molecular complexity index is 306. The lowest BCUT2D eigenvalue weighted by molar-refractivity contribution is 0.0962. The number of aryl methyl sites for hydroxylation is 1. The molecular formula is C10H17N3O. The van der Waals surface area contributed by atoms with Crippen molar-refractivity contribution >= 4 is 5.78 Å². The highest BCUT2D eigenvalue weighted by molar-refractivity contribution is 5.92. The van der Waals surface area contributed by atoms with Crippen LogP contribution in [0.1, 0.15) is 30.4 Å². The van der Waals surface area contributed by atoms with Crippen LogP contribution in [0.5, 0.6) is 0 Å². The molecule has 0 radical (unpaired) electrons. The van der Waals surface area contributed by atoms with Gasteiger partial charge in [-0.3, -0.25) is 4.79 Å². The lowest BCUT2D eigenvalue weighted by atomic mass is 10.0. The monoisotopic (exact) mass is 195 g/mol. The largest absolute Gasteiger partial charge is 0.332 e. The van der Waals surface area contributed by atoms with Gasteiger partial charge in [0, 0.05) is 25.9 Å². The highest BCUT2D eigenvalue weighted by Crippen LogP contribution is 2.07. The topological polar surface area (TPSA) is 60.9 Å². The highest BCUT2D eigenvalue weighted by Gasteiger charge is 2.11. The van der Waals surface area contributed by atoms with Gasteiger partial charge in [0.05, 0.1) is 0 Å². The number of nitrogens with two attached hydrogens (primary N) is 1. The summed E-state index contributed by atoms with van der Waals surface area (Å²) in [7, 11) is 1.83. The van der Waals surface area contributed by atoms with E-state index in [1.165, 1.54) is 0 Å². The Hall–Kier alpha value is -1.16. The average Bonchev–Trinajstić information content (AvgIpc) is 2.60. The molecule has 2 N–H and O–H groups in total. The average molecular weight is 195 g/mol. The number of hydrogen-bond donors (Lipinski definition) is 1. The molecule has 0 saturated carbocycles. The number of nitrogens with zero attached hydrogens (tertiary/aromatic N) is 2. The predicted octanol–water partition coefficient (Wildman–Crippen LogP) is 0.978. The van der Waals surface area contributed by atoms with Crippen LogP contribution in [0.2, 0.25) is 0 Å². The van der Waals surface area contributed by atoms with Gasteiger partial charge in [0.1, 0.15) is 0 Å². The first-order chi connectivity index (χ1) is 6.65. The van der Waals surface area contributed by atoms with Crippen LogP contribution in [0.15, 0.2) is 12.4 Å². The summed E-state index contributed by atoms with van der Waals surface area (Å²) in [6.07, 6.45) is 4.78. The molecule has 14 heavy (non-hydrogen) atoms. The first-order valence-corrected chi connectivity index (χ1v) is 4.85. The fourth-order valence-corrected chi connectivity index (χ4v) is 1.24. The molecule has 0 fully saturated rings. The summed E-state index contributed by atoms with van der Waals surface area (Å²) >= 11 is 0. The molecule has 0 amide bonds. The van der Waals surface area contributed by atoms with Crippen molar-refractivity contribution in [2.45, 2.75) is 19.8 Å². The first-order valence-electron chi connectivity index (χ1n) is 4.85. The van der Waals surface area contributed by atoms with Crippen LogP contribution in [0, 0.1) is 5.92 Å². The fourth-order valence-electron chi connectivity index (χ4n) is 1.24. The standard InChI is InChI=1S/C10H17N3O/c1-8(7-11)3-4-9(14)10-12-5-6-13(10)2/h5-6,8H,3-4,7,11H2,1-2H3. The van der Waals surface area contributed by atoms with Gasteiger partial charge in [0.2, 0.25) is 0 Å². The normalized spacial score (nSPS) is 12.8. The van der Waals surface area contributed by atoms with Gasteiger partial charge >= 0.3 is 0 Å². The van der Waals surface area contributed by atoms with Gasteiger partial charge in [-0.15, -0.1) is 0 Å². The second kappa shape index (κ2) is 4.91. The number of aromatic nitrogens is 2. The smallest absolute Gasteiger partial charge is 0.198 e. The summed E-state index contributed by atoms with van der Waals surface area (Å²) in [5, 5.41) is 0. The van der Waals surface area contributed by atoms with Gasteiger partial charge in [-0.1, -0.05) is 6.92 Å². The summed E-state index contributed by atoms with van der Waals surface area (Å²) in [6, 6.07) is 0. The first kappa shape index (κ1) is 10.9. The Morgan fingerprint density at radius 1 is 1.71 bits per heavy atom. The van der Waals surface area contributed by atoms with E-state index in [2.05, 4.69) is 4.98 Å². The molecule has 0 aliphatic rings. The Kier molecular flexibility index (Phi) is 3.83. The summed E-state index contributed by atoms with van der Waals surface area (Å²) in [4.78, 5) is 15.6. The van der Waals surface area contributed by atoms with E-state index in [0.717, 1.165) is 6.42 Å². The molecule has 1 rings (SSSR count). The number of carbonyl (C=O) groups excluding carboxylic acids is 1. The van der Waals surface area contributed by atoms with Crippen LogP contribution in [-0.4, -0.2) is 21.9 Å². The third-order valence-corrected chi connectivity index (χ3v) is 2.34. The SMILES string of the molecule is CC(CN)CCC(=O)c1nccn1C. The highest BCUT2D eigenvalue weighted by atomic mass is 16.1. The summed E-state index contributed by atoms with van der Waals surface area (Å²) in [5.74, 6) is 1.03. The van der Waals surface area contributed by atoms with Crippen molar-refractivity contribution < 1.29 is 4.79 Å².